The number of methoxy groups -OCH3 is 1. The molecule has 2 unspecified atom stereocenters. The summed E-state index contributed by atoms with van der Waals surface area (Å²) in [4.78, 5) is 4.69. The lowest BCUT2D eigenvalue weighted by atomic mass is 9.81. The van der Waals surface area contributed by atoms with Crippen LogP contribution in [-0.2, 0) is 4.74 Å². The molecular formula is C18H29FN4O. The van der Waals surface area contributed by atoms with Crippen LogP contribution in [0.1, 0.15) is 25.7 Å². The number of benzene rings is 1. The summed E-state index contributed by atoms with van der Waals surface area (Å²) in [5, 5.41) is 6.38. The highest BCUT2D eigenvalue weighted by atomic mass is 19.1. The van der Waals surface area contributed by atoms with Gasteiger partial charge in [0, 0.05) is 25.9 Å². The van der Waals surface area contributed by atoms with E-state index in [0.717, 1.165) is 19.5 Å². The molecule has 0 aliphatic heterocycles. The molecule has 1 aliphatic rings. The number of hydrogen-bond donors (Lipinski definition) is 3. The van der Waals surface area contributed by atoms with Gasteiger partial charge in [-0.2, -0.15) is 0 Å². The summed E-state index contributed by atoms with van der Waals surface area (Å²) in [6.07, 6.45) is 4.81. The van der Waals surface area contributed by atoms with Gasteiger partial charge in [-0.15, -0.1) is 0 Å². The Morgan fingerprint density at radius 3 is 2.96 bits per heavy atom. The molecule has 134 valence electrons. The van der Waals surface area contributed by atoms with Crippen molar-refractivity contribution in [3.63, 3.8) is 0 Å². The number of nitrogens with two attached hydrogens (primary N) is 1. The molecular weight excluding hydrogens is 307 g/mol. The van der Waals surface area contributed by atoms with Crippen LogP contribution in [0.25, 0.3) is 0 Å². The highest BCUT2D eigenvalue weighted by molar-refractivity contribution is 5.93. The summed E-state index contributed by atoms with van der Waals surface area (Å²) in [6.45, 7) is 2.76. The molecule has 1 aromatic carbocycles. The third-order valence-corrected chi connectivity index (χ3v) is 4.42. The zero-order valence-electron chi connectivity index (χ0n) is 14.4. The van der Waals surface area contributed by atoms with Gasteiger partial charge in [-0.05, 0) is 55.8 Å². The van der Waals surface area contributed by atoms with Gasteiger partial charge >= 0.3 is 0 Å². The quantitative estimate of drug-likeness (QED) is 0.407. The van der Waals surface area contributed by atoms with E-state index >= 15 is 0 Å². The summed E-state index contributed by atoms with van der Waals surface area (Å²) >= 11 is 0. The molecule has 0 radical (unpaired) electrons. The SMILES string of the molecule is COCCNC(=NCC1CCCC(CN)C1)Nc1cccc(F)c1. The number of anilines is 1. The topological polar surface area (TPSA) is 71.7 Å². The molecule has 1 aliphatic carbocycles. The first kappa shape index (κ1) is 18.7. The van der Waals surface area contributed by atoms with E-state index in [1.165, 1.54) is 31.4 Å². The van der Waals surface area contributed by atoms with Crippen molar-refractivity contribution in [3.05, 3.63) is 30.1 Å². The molecule has 0 bridgehead atoms. The van der Waals surface area contributed by atoms with Crippen molar-refractivity contribution >= 4 is 11.6 Å². The zero-order chi connectivity index (χ0) is 17.2. The van der Waals surface area contributed by atoms with Crippen molar-refractivity contribution in [2.24, 2.45) is 22.6 Å². The lowest BCUT2D eigenvalue weighted by Gasteiger charge is -2.27. The minimum Gasteiger partial charge on any atom is -0.383 e. The van der Waals surface area contributed by atoms with Gasteiger partial charge in [-0.3, -0.25) is 4.99 Å². The first-order chi connectivity index (χ1) is 11.7. The molecule has 4 N–H and O–H groups in total. The average Bonchev–Trinajstić information content (AvgIpc) is 2.60. The van der Waals surface area contributed by atoms with Gasteiger partial charge in [0.05, 0.1) is 6.61 Å². The molecule has 0 heterocycles. The van der Waals surface area contributed by atoms with E-state index in [9.17, 15) is 4.39 Å². The average molecular weight is 336 g/mol. The van der Waals surface area contributed by atoms with Gasteiger partial charge in [0.2, 0.25) is 0 Å². The second-order valence-corrected chi connectivity index (χ2v) is 6.38. The van der Waals surface area contributed by atoms with E-state index in [1.807, 2.05) is 6.07 Å². The van der Waals surface area contributed by atoms with Gasteiger partial charge in [0.25, 0.3) is 0 Å². The number of aliphatic imine (C=N–C) groups is 1. The first-order valence-corrected chi connectivity index (χ1v) is 8.71. The smallest absolute Gasteiger partial charge is 0.195 e. The summed E-state index contributed by atoms with van der Waals surface area (Å²) < 4.78 is 18.4. The van der Waals surface area contributed by atoms with Gasteiger partial charge in [-0.25, -0.2) is 4.39 Å². The normalized spacial score (nSPS) is 21.5. The fourth-order valence-corrected chi connectivity index (χ4v) is 3.12. The van der Waals surface area contributed by atoms with Crippen molar-refractivity contribution in [2.75, 3.05) is 38.7 Å². The standard InChI is InChI=1S/C18H29FN4O/c1-24-9-8-21-18(23-17-7-3-6-16(19)11-17)22-13-15-5-2-4-14(10-15)12-20/h3,6-7,11,14-15H,2,4-5,8-10,12-13,20H2,1H3,(H2,21,22,23). The van der Waals surface area contributed by atoms with Crippen LogP contribution in [0.4, 0.5) is 10.1 Å². The molecule has 1 aromatic rings. The van der Waals surface area contributed by atoms with E-state index in [1.54, 1.807) is 13.2 Å². The molecule has 0 amide bonds. The third kappa shape index (κ3) is 6.45. The largest absolute Gasteiger partial charge is 0.383 e. The van der Waals surface area contributed by atoms with Gasteiger partial charge in [0.1, 0.15) is 5.82 Å². The molecule has 2 rings (SSSR count). The minimum absolute atomic E-state index is 0.269. The Kier molecular flexibility index (Phi) is 7.98. The molecule has 6 heteroatoms. The maximum Gasteiger partial charge on any atom is 0.195 e. The number of nitrogens with zero attached hydrogens (tertiary/aromatic N) is 1. The summed E-state index contributed by atoms with van der Waals surface area (Å²) in [5.74, 6) is 1.59. The molecule has 0 saturated heterocycles. The second kappa shape index (κ2) is 10.3. The fraction of sp³-hybridized carbons (Fsp3) is 0.611. The van der Waals surface area contributed by atoms with Crippen LogP contribution in [0.15, 0.2) is 29.3 Å². The van der Waals surface area contributed by atoms with Crippen molar-refractivity contribution < 1.29 is 9.13 Å². The molecule has 5 nitrogen and oxygen atoms in total. The van der Waals surface area contributed by atoms with E-state index in [4.69, 9.17) is 10.5 Å². The second-order valence-electron chi connectivity index (χ2n) is 6.38. The molecule has 1 fully saturated rings. The number of halogens is 1. The lowest BCUT2D eigenvalue weighted by Crippen LogP contribution is -2.34. The molecule has 1 saturated carbocycles. The maximum absolute atomic E-state index is 13.4. The molecule has 0 spiro atoms. The number of guanidine groups is 1. The molecule has 24 heavy (non-hydrogen) atoms. The summed E-state index contributed by atoms with van der Waals surface area (Å²) in [6, 6.07) is 6.38. The highest BCUT2D eigenvalue weighted by Gasteiger charge is 2.20. The van der Waals surface area contributed by atoms with Crippen LogP contribution in [0.5, 0.6) is 0 Å². The van der Waals surface area contributed by atoms with Crippen molar-refractivity contribution in [1.82, 2.24) is 5.32 Å². The van der Waals surface area contributed by atoms with Crippen LogP contribution < -0.4 is 16.4 Å². The van der Waals surface area contributed by atoms with E-state index in [-0.39, 0.29) is 5.82 Å². The van der Waals surface area contributed by atoms with E-state index in [2.05, 4.69) is 15.6 Å². The number of rotatable bonds is 7. The number of hydrogen-bond acceptors (Lipinski definition) is 3. The first-order valence-electron chi connectivity index (χ1n) is 8.71. The Hall–Kier alpha value is -1.66. The Morgan fingerprint density at radius 2 is 2.21 bits per heavy atom. The monoisotopic (exact) mass is 336 g/mol. The Labute approximate surface area is 143 Å². The van der Waals surface area contributed by atoms with Crippen molar-refractivity contribution in [2.45, 2.75) is 25.7 Å². The summed E-state index contributed by atoms with van der Waals surface area (Å²) in [7, 11) is 1.66. The van der Waals surface area contributed by atoms with E-state index < -0.39 is 0 Å². The highest BCUT2D eigenvalue weighted by Crippen LogP contribution is 2.28. The van der Waals surface area contributed by atoms with Crippen LogP contribution in [-0.4, -0.2) is 39.3 Å². The number of nitrogens with one attached hydrogen (secondary N) is 2. The van der Waals surface area contributed by atoms with E-state index in [0.29, 0.717) is 36.6 Å². The lowest BCUT2D eigenvalue weighted by molar-refractivity contribution is 0.204. The van der Waals surface area contributed by atoms with Crippen LogP contribution in [0.3, 0.4) is 0 Å². The molecule has 2 atom stereocenters. The fourth-order valence-electron chi connectivity index (χ4n) is 3.12. The predicted octanol–water partition coefficient (Wildman–Crippen LogP) is 2.59. The maximum atomic E-state index is 13.4. The van der Waals surface area contributed by atoms with Crippen molar-refractivity contribution in [3.8, 4) is 0 Å². The van der Waals surface area contributed by atoms with Gasteiger partial charge < -0.3 is 21.1 Å². The van der Waals surface area contributed by atoms with Crippen LogP contribution in [0.2, 0.25) is 0 Å². The predicted molar refractivity (Wildman–Crippen MR) is 96.7 cm³/mol. The van der Waals surface area contributed by atoms with Gasteiger partial charge in [0.15, 0.2) is 5.96 Å². The van der Waals surface area contributed by atoms with Crippen molar-refractivity contribution in [1.29, 1.82) is 0 Å². The zero-order valence-corrected chi connectivity index (χ0v) is 14.4. The Bertz CT molecular complexity index is 523. The number of ether oxygens (including phenoxy) is 1. The van der Waals surface area contributed by atoms with Crippen LogP contribution in [0, 0.1) is 17.7 Å². The van der Waals surface area contributed by atoms with Gasteiger partial charge in [-0.1, -0.05) is 12.5 Å². The van der Waals surface area contributed by atoms with Crippen LogP contribution >= 0.6 is 0 Å². The third-order valence-electron chi connectivity index (χ3n) is 4.42. The Morgan fingerprint density at radius 1 is 1.38 bits per heavy atom. The Balaban J connectivity index is 1.95. The minimum atomic E-state index is -0.269. The molecule has 0 aromatic heterocycles. The summed E-state index contributed by atoms with van der Waals surface area (Å²) in [5.41, 5.74) is 6.49.